The number of para-hydroxylation sites is 1. The molecule has 1 N–H and O–H groups in total. The molecule has 0 saturated heterocycles. The zero-order chi connectivity index (χ0) is 19.8. The smallest absolute Gasteiger partial charge is 0.361 e. The molecule has 0 fully saturated rings. The molecular formula is C21H21N3O4. The number of aromatic nitrogens is 3. The molecule has 0 bridgehead atoms. The van der Waals surface area contributed by atoms with Gasteiger partial charge in [0, 0.05) is 0 Å². The first kappa shape index (κ1) is 19.2. The average Bonchev–Trinajstić information content (AvgIpc) is 3.22. The third-order valence-electron chi connectivity index (χ3n) is 3.90. The Bertz CT molecular complexity index is 951. The van der Waals surface area contributed by atoms with E-state index in [0.29, 0.717) is 29.4 Å². The second-order valence-corrected chi connectivity index (χ2v) is 5.70. The van der Waals surface area contributed by atoms with Gasteiger partial charge in [0.2, 0.25) is 0 Å². The molecule has 1 heterocycles. The molecule has 144 valence electrons. The molecule has 0 saturated carbocycles. The van der Waals surface area contributed by atoms with Crippen LogP contribution in [0.2, 0.25) is 0 Å². The van der Waals surface area contributed by atoms with Crippen molar-refractivity contribution < 1.29 is 19.0 Å². The fourth-order valence-corrected chi connectivity index (χ4v) is 2.65. The first-order chi connectivity index (χ1) is 13.7. The molecule has 0 atom stereocenters. The van der Waals surface area contributed by atoms with Gasteiger partial charge in [-0.3, -0.25) is 0 Å². The van der Waals surface area contributed by atoms with Crippen LogP contribution in [-0.2, 0) is 4.74 Å². The molecule has 0 unspecified atom stereocenters. The summed E-state index contributed by atoms with van der Waals surface area (Å²) in [4.78, 5) is 12.2. The van der Waals surface area contributed by atoms with Gasteiger partial charge in [0.05, 0.1) is 19.3 Å². The number of esters is 1. The Hall–Kier alpha value is -3.61. The lowest BCUT2D eigenvalue weighted by molar-refractivity contribution is 0.0520. The molecule has 0 aliphatic heterocycles. The standard InChI is InChI=1S/C21H21N3O4/c1-3-27-21(25)19-18(22-24-23-19)16-12-7-13-17(26-2)20(16)28-14-8-11-15-9-5-4-6-10-15/h4-13H,3,14H2,1-2H3,(H,22,23,24). The number of ether oxygens (including phenoxy) is 3. The van der Waals surface area contributed by atoms with Crippen molar-refractivity contribution in [1.82, 2.24) is 15.4 Å². The minimum absolute atomic E-state index is 0.0970. The van der Waals surface area contributed by atoms with Crippen molar-refractivity contribution in [3.05, 3.63) is 65.9 Å². The normalized spacial score (nSPS) is 10.8. The number of benzene rings is 2. The quantitative estimate of drug-likeness (QED) is 0.600. The summed E-state index contributed by atoms with van der Waals surface area (Å²) < 4.78 is 16.4. The molecule has 3 aromatic rings. The molecule has 0 aliphatic carbocycles. The molecule has 1 aromatic heterocycles. The van der Waals surface area contributed by atoms with E-state index in [1.165, 1.54) is 0 Å². The van der Waals surface area contributed by atoms with E-state index in [-0.39, 0.29) is 12.3 Å². The monoisotopic (exact) mass is 379 g/mol. The lowest BCUT2D eigenvalue weighted by Crippen LogP contribution is -2.07. The van der Waals surface area contributed by atoms with Crippen LogP contribution in [0.4, 0.5) is 0 Å². The van der Waals surface area contributed by atoms with E-state index in [4.69, 9.17) is 14.2 Å². The first-order valence-electron chi connectivity index (χ1n) is 8.84. The summed E-state index contributed by atoms with van der Waals surface area (Å²) in [7, 11) is 1.56. The third-order valence-corrected chi connectivity index (χ3v) is 3.90. The molecule has 7 nitrogen and oxygen atoms in total. The maximum atomic E-state index is 12.2. The summed E-state index contributed by atoms with van der Waals surface area (Å²) in [6.45, 7) is 2.29. The van der Waals surface area contributed by atoms with E-state index in [0.717, 1.165) is 5.56 Å². The van der Waals surface area contributed by atoms with Gasteiger partial charge in [-0.1, -0.05) is 42.5 Å². The number of carbonyl (C=O) groups excluding carboxylic acids is 1. The summed E-state index contributed by atoms with van der Waals surface area (Å²) in [5.74, 6) is 0.453. The van der Waals surface area contributed by atoms with Crippen molar-refractivity contribution in [3.63, 3.8) is 0 Å². The Balaban J connectivity index is 1.87. The zero-order valence-corrected chi connectivity index (χ0v) is 15.7. The number of rotatable bonds is 8. The van der Waals surface area contributed by atoms with Crippen molar-refractivity contribution in [2.45, 2.75) is 6.92 Å². The van der Waals surface area contributed by atoms with E-state index in [1.807, 2.05) is 42.5 Å². The number of nitrogens with one attached hydrogen (secondary N) is 1. The lowest BCUT2D eigenvalue weighted by Gasteiger charge is -2.13. The number of carbonyl (C=O) groups is 1. The van der Waals surface area contributed by atoms with Crippen LogP contribution >= 0.6 is 0 Å². The van der Waals surface area contributed by atoms with E-state index in [2.05, 4.69) is 15.4 Å². The minimum Gasteiger partial charge on any atom is -0.493 e. The van der Waals surface area contributed by atoms with Crippen LogP contribution in [0.3, 0.4) is 0 Å². The van der Waals surface area contributed by atoms with E-state index in [1.54, 1.807) is 32.2 Å². The fourth-order valence-electron chi connectivity index (χ4n) is 2.65. The Morgan fingerprint density at radius 2 is 1.93 bits per heavy atom. The molecule has 0 aliphatic rings. The van der Waals surface area contributed by atoms with Crippen molar-refractivity contribution >= 4 is 12.0 Å². The van der Waals surface area contributed by atoms with Crippen LogP contribution in [-0.4, -0.2) is 41.7 Å². The van der Waals surface area contributed by atoms with Gasteiger partial charge >= 0.3 is 5.97 Å². The number of hydrogen-bond donors (Lipinski definition) is 1. The number of methoxy groups -OCH3 is 1. The number of hydrogen-bond acceptors (Lipinski definition) is 6. The van der Waals surface area contributed by atoms with Crippen molar-refractivity contribution in [3.8, 4) is 22.8 Å². The molecule has 0 amide bonds. The maximum Gasteiger partial charge on any atom is 0.361 e. The Morgan fingerprint density at radius 1 is 1.11 bits per heavy atom. The summed E-state index contributed by atoms with van der Waals surface area (Å²) in [6, 6.07) is 15.3. The topological polar surface area (TPSA) is 86.3 Å². The van der Waals surface area contributed by atoms with Gasteiger partial charge in [-0.25, -0.2) is 4.79 Å². The number of nitrogens with zero attached hydrogens (tertiary/aromatic N) is 2. The second kappa shape index (κ2) is 9.36. The van der Waals surface area contributed by atoms with E-state index >= 15 is 0 Å². The fraction of sp³-hybridized carbons (Fsp3) is 0.190. The highest BCUT2D eigenvalue weighted by atomic mass is 16.5. The molecule has 3 rings (SSSR count). The first-order valence-corrected chi connectivity index (χ1v) is 8.84. The summed E-state index contributed by atoms with van der Waals surface area (Å²) >= 11 is 0. The Labute approximate surface area is 162 Å². The van der Waals surface area contributed by atoms with Gasteiger partial charge in [0.15, 0.2) is 17.2 Å². The largest absolute Gasteiger partial charge is 0.493 e. The van der Waals surface area contributed by atoms with Crippen molar-refractivity contribution in [2.24, 2.45) is 0 Å². The second-order valence-electron chi connectivity index (χ2n) is 5.70. The number of aromatic amines is 1. The average molecular weight is 379 g/mol. The van der Waals surface area contributed by atoms with Crippen molar-refractivity contribution in [1.29, 1.82) is 0 Å². The minimum atomic E-state index is -0.552. The Kier molecular flexibility index (Phi) is 6.41. The SMILES string of the molecule is CCOC(=O)c1n[nH]nc1-c1cccc(OC)c1OCC=Cc1ccccc1. The summed E-state index contributed by atoms with van der Waals surface area (Å²) in [5.41, 5.74) is 2.11. The molecule has 0 spiro atoms. The van der Waals surface area contributed by atoms with Gasteiger partial charge < -0.3 is 14.2 Å². The van der Waals surface area contributed by atoms with Gasteiger partial charge in [-0.2, -0.15) is 10.3 Å². The van der Waals surface area contributed by atoms with Crippen LogP contribution in [0.1, 0.15) is 23.0 Å². The Morgan fingerprint density at radius 3 is 2.68 bits per heavy atom. The van der Waals surface area contributed by atoms with Crippen LogP contribution < -0.4 is 9.47 Å². The van der Waals surface area contributed by atoms with E-state index < -0.39 is 5.97 Å². The molecule has 0 radical (unpaired) electrons. The third kappa shape index (κ3) is 4.37. The molecule has 28 heavy (non-hydrogen) atoms. The molecular weight excluding hydrogens is 358 g/mol. The van der Waals surface area contributed by atoms with Crippen LogP contribution in [0, 0.1) is 0 Å². The van der Waals surface area contributed by atoms with Gasteiger partial charge in [-0.15, -0.1) is 5.10 Å². The maximum absolute atomic E-state index is 12.2. The van der Waals surface area contributed by atoms with E-state index in [9.17, 15) is 4.79 Å². The summed E-state index contributed by atoms with van der Waals surface area (Å²) in [6.07, 6.45) is 3.87. The van der Waals surface area contributed by atoms with Gasteiger partial charge in [-0.05, 0) is 30.7 Å². The highest BCUT2D eigenvalue weighted by Gasteiger charge is 2.23. The van der Waals surface area contributed by atoms with Crippen LogP contribution in [0.25, 0.3) is 17.3 Å². The molecule has 7 heteroatoms. The predicted octanol–water partition coefficient (Wildman–Crippen LogP) is 3.75. The zero-order valence-electron chi connectivity index (χ0n) is 15.7. The van der Waals surface area contributed by atoms with Crippen LogP contribution in [0.15, 0.2) is 54.6 Å². The van der Waals surface area contributed by atoms with Gasteiger partial charge in [0.1, 0.15) is 12.3 Å². The summed E-state index contributed by atoms with van der Waals surface area (Å²) in [5, 5.41) is 10.5. The lowest BCUT2D eigenvalue weighted by atomic mass is 10.1. The van der Waals surface area contributed by atoms with Gasteiger partial charge in [0.25, 0.3) is 0 Å². The predicted molar refractivity (Wildman–Crippen MR) is 105 cm³/mol. The highest BCUT2D eigenvalue weighted by Crippen LogP contribution is 2.38. The highest BCUT2D eigenvalue weighted by molar-refractivity contribution is 5.95. The van der Waals surface area contributed by atoms with Crippen LogP contribution in [0.5, 0.6) is 11.5 Å². The van der Waals surface area contributed by atoms with Crippen molar-refractivity contribution in [2.75, 3.05) is 20.3 Å². The molecule has 2 aromatic carbocycles. The number of H-pyrrole nitrogens is 1.